The topological polar surface area (TPSA) is 76.4 Å². The maximum absolute atomic E-state index is 11.3. The summed E-state index contributed by atoms with van der Waals surface area (Å²) in [5.74, 6) is 0.631. The highest BCUT2D eigenvalue weighted by Gasteiger charge is 2.17. The van der Waals surface area contributed by atoms with Crippen molar-refractivity contribution in [3.63, 3.8) is 0 Å². The zero-order chi connectivity index (χ0) is 13.7. The zero-order valence-corrected chi connectivity index (χ0v) is 11.2. The van der Waals surface area contributed by atoms with Crippen LogP contribution in [0.25, 0.3) is 0 Å². The Kier molecular flexibility index (Phi) is 4.76. The summed E-state index contributed by atoms with van der Waals surface area (Å²) in [6, 6.07) is 6.13. The molecule has 0 fully saturated rings. The van der Waals surface area contributed by atoms with Gasteiger partial charge in [0.1, 0.15) is 5.75 Å². The fraction of sp³-hybridized carbons (Fsp3) is 0.500. The molecule has 2 rings (SSSR count). The van der Waals surface area contributed by atoms with Crippen molar-refractivity contribution in [2.24, 2.45) is 5.73 Å². The van der Waals surface area contributed by atoms with Gasteiger partial charge < -0.3 is 21.1 Å². The number of benzene rings is 1. The van der Waals surface area contributed by atoms with E-state index in [1.165, 1.54) is 0 Å². The quantitative estimate of drug-likeness (QED) is 0.678. The largest absolute Gasteiger partial charge is 0.482 e. The van der Waals surface area contributed by atoms with Gasteiger partial charge in [-0.15, -0.1) is 0 Å². The average Bonchev–Trinajstić information content (AvgIpc) is 2.42. The lowest BCUT2D eigenvalue weighted by Gasteiger charge is -2.21. The van der Waals surface area contributed by atoms with Crippen LogP contribution < -0.4 is 21.1 Å². The highest BCUT2D eigenvalue weighted by molar-refractivity contribution is 5.95. The fourth-order valence-electron chi connectivity index (χ4n) is 2.08. The van der Waals surface area contributed by atoms with Gasteiger partial charge in [0.05, 0.1) is 5.69 Å². The highest BCUT2D eigenvalue weighted by Crippen LogP contribution is 2.30. The van der Waals surface area contributed by atoms with Crippen molar-refractivity contribution in [2.45, 2.75) is 25.8 Å². The maximum Gasteiger partial charge on any atom is 0.262 e. The molecule has 4 N–H and O–H groups in total. The second-order valence-corrected chi connectivity index (χ2v) is 4.76. The molecule has 0 spiro atoms. The molecular weight excluding hydrogens is 242 g/mol. The maximum atomic E-state index is 11.3. The highest BCUT2D eigenvalue weighted by atomic mass is 16.5. The fourth-order valence-corrected chi connectivity index (χ4v) is 2.08. The van der Waals surface area contributed by atoms with Gasteiger partial charge in [-0.1, -0.05) is 6.07 Å². The van der Waals surface area contributed by atoms with Crippen molar-refractivity contribution in [3.05, 3.63) is 23.8 Å². The predicted molar refractivity (Wildman–Crippen MR) is 75.3 cm³/mol. The minimum atomic E-state index is -0.104. The lowest BCUT2D eigenvalue weighted by atomic mass is 10.1. The molecule has 0 aromatic heterocycles. The first kappa shape index (κ1) is 13.8. The Balaban J connectivity index is 1.96. The van der Waals surface area contributed by atoms with Crippen LogP contribution in [-0.2, 0) is 4.79 Å². The molecule has 1 aromatic carbocycles. The number of rotatable bonds is 6. The Morgan fingerprint density at radius 1 is 1.47 bits per heavy atom. The van der Waals surface area contributed by atoms with Crippen LogP contribution in [0.4, 0.5) is 5.69 Å². The SMILES string of the molecule is CC(NCCCCN)c1ccc2c(c1)NC(=O)CO2. The molecule has 1 unspecified atom stereocenters. The molecule has 0 aliphatic carbocycles. The van der Waals surface area contributed by atoms with Gasteiger partial charge in [0, 0.05) is 6.04 Å². The van der Waals surface area contributed by atoms with Crippen molar-refractivity contribution in [1.29, 1.82) is 0 Å². The first-order valence-electron chi connectivity index (χ1n) is 6.71. The molecule has 1 aliphatic rings. The third-order valence-corrected chi connectivity index (χ3v) is 3.22. The lowest BCUT2D eigenvalue weighted by molar-refractivity contribution is -0.118. The van der Waals surface area contributed by atoms with E-state index in [4.69, 9.17) is 10.5 Å². The molecule has 1 amide bonds. The van der Waals surface area contributed by atoms with Crippen LogP contribution >= 0.6 is 0 Å². The number of nitrogens with two attached hydrogens (primary N) is 1. The molecule has 0 saturated carbocycles. The van der Waals surface area contributed by atoms with Gasteiger partial charge in [0.25, 0.3) is 5.91 Å². The number of unbranched alkanes of at least 4 members (excludes halogenated alkanes) is 1. The van der Waals surface area contributed by atoms with E-state index in [2.05, 4.69) is 17.6 Å². The molecule has 19 heavy (non-hydrogen) atoms. The summed E-state index contributed by atoms with van der Waals surface area (Å²) in [7, 11) is 0. The molecule has 1 heterocycles. The number of fused-ring (bicyclic) bond motifs is 1. The van der Waals surface area contributed by atoms with E-state index >= 15 is 0 Å². The van der Waals surface area contributed by atoms with E-state index in [-0.39, 0.29) is 18.6 Å². The van der Waals surface area contributed by atoms with Gasteiger partial charge >= 0.3 is 0 Å². The Morgan fingerprint density at radius 2 is 2.32 bits per heavy atom. The third kappa shape index (κ3) is 3.68. The summed E-state index contributed by atoms with van der Waals surface area (Å²) in [4.78, 5) is 11.3. The van der Waals surface area contributed by atoms with Gasteiger partial charge in [0.2, 0.25) is 0 Å². The standard InChI is InChI=1S/C14H21N3O2/c1-10(16-7-3-2-6-15)11-4-5-13-12(8-11)17-14(18)9-19-13/h4-5,8,10,16H,2-3,6-7,9,15H2,1H3,(H,17,18). The van der Waals surface area contributed by atoms with E-state index in [0.29, 0.717) is 0 Å². The van der Waals surface area contributed by atoms with Crippen LogP contribution in [0.2, 0.25) is 0 Å². The summed E-state index contributed by atoms with van der Waals surface area (Å²) in [6.07, 6.45) is 2.11. The second kappa shape index (κ2) is 6.54. The number of hydrogen-bond donors (Lipinski definition) is 3. The number of amides is 1. The average molecular weight is 263 g/mol. The summed E-state index contributed by atoms with van der Waals surface area (Å²) >= 11 is 0. The number of ether oxygens (including phenoxy) is 1. The summed E-state index contributed by atoms with van der Waals surface area (Å²) in [5.41, 5.74) is 7.35. The summed E-state index contributed by atoms with van der Waals surface area (Å²) < 4.78 is 5.34. The van der Waals surface area contributed by atoms with Crippen molar-refractivity contribution in [2.75, 3.05) is 25.0 Å². The molecule has 1 aliphatic heterocycles. The van der Waals surface area contributed by atoms with Crippen LogP contribution in [0.1, 0.15) is 31.4 Å². The first-order valence-corrected chi connectivity index (χ1v) is 6.71. The minimum absolute atomic E-state index is 0.0965. The molecule has 0 saturated heterocycles. The molecule has 1 atom stereocenters. The first-order chi connectivity index (χ1) is 9.20. The molecular formula is C14H21N3O2. The van der Waals surface area contributed by atoms with Crippen LogP contribution in [-0.4, -0.2) is 25.6 Å². The third-order valence-electron chi connectivity index (χ3n) is 3.22. The minimum Gasteiger partial charge on any atom is -0.482 e. The van der Waals surface area contributed by atoms with Crippen LogP contribution in [0, 0.1) is 0 Å². The smallest absolute Gasteiger partial charge is 0.262 e. The number of carbonyl (C=O) groups excluding carboxylic acids is 1. The summed E-state index contributed by atoms with van der Waals surface area (Å²) in [5, 5.41) is 6.27. The predicted octanol–water partition coefficient (Wildman–Crippen LogP) is 1.41. The van der Waals surface area contributed by atoms with Crippen LogP contribution in [0.5, 0.6) is 5.75 Å². The zero-order valence-electron chi connectivity index (χ0n) is 11.2. The number of carbonyl (C=O) groups is 1. The lowest BCUT2D eigenvalue weighted by Crippen LogP contribution is -2.26. The molecule has 1 aromatic rings. The van der Waals surface area contributed by atoms with Crippen molar-refractivity contribution < 1.29 is 9.53 Å². The van der Waals surface area contributed by atoms with Crippen LogP contribution in [0.15, 0.2) is 18.2 Å². The van der Waals surface area contributed by atoms with Gasteiger partial charge in [-0.3, -0.25) is 4.79 Å². The van der Waals surface area contributed by atoms with Gasteiger partial charge in [0.15, 0.2) is 6.61 Å². The number of anilines is 1. The second-order valence-electron chi connectivity index (χ2n) is 4.76. The Labute approximate surface area is 113 Å². The van der Waals surface area contributed by atoms with Crippen molar-refractivity contribution in [3.8, 4) is 5.75 Å². The van der Waals surface area contributed by atoms with E-state index in [1.807, 2.05) is 18.2 Å². The van der Waals surface area contributed by atoms with E-state index in [0.717, 1.165) is 42.9 Å². The van der Waals surface area contributed by atoms with E-state index in [9.17, 15) is 4.79 Å². The van der Waals surface area contributed by atoms with Crippen molar-refractivity contribution in [1.82, 2.24) is 5.32 Å². The van der Waals surface area contributed by atoms with Gasteiger partial charge in [-0.2, -0.15) is 0 Å². The Hall–Kier alpha value is -1.59. The Morgan fingerprint density at radius 3 is 3.11 bits per heavy atom. The molecule has 5 heteroatoms. The number of nitrogens with one attached hydrogen (secondary N) is 2. The molecule has 104 valence electrons. The van der Waals surface area contributed by atoms with Gasteiger partial charge in [-0.05, 0) is 50.6 Å². The Bertz CT molecular complexity index is 448. The summed E-state index contributed by atoms with van der Waals surface area (Å²) in [6.45, 7) is 3.88. The van der Waals surface area contributed by atoms with E-state index < -0.39 is 0 Å². The molecule has 0 radical (unpaired) electrons. The number of hydrogen-bond acceptors (Lipinski definition) is 4. The van der Waals surface area contributed by atoms with Crippen molar-refractivity contribution >= 4 is 11.6 Å². The normalized spacial score (nSPS) is 15.4. The van der Waals surface area contributed by atoms with E-state index in [1.54, 1.807) is 0 Å². The monoisotopic (exact) mass is 263 g/mol. The van der Waals surface area contributed by atoms with Crippen LogP contribution in [0.3, 0.4) is 0 Å². The molecule has 0 bridgehead atoms. The van der Waals surface area contributed by atoms with Gasteiger partial charge in [-0.25, -0.2) is 0 Å². The molecule has 5 nitrogen and oxygen atoms in total.